The summed E-state index contributed by atoms with van der Waals surface area (Å²) in [6.45, 7) is 0. The second kappa shape index (κ2) is 7.24. The summed E-state index contributed by atoms with van der Waals surface area (Å²) in [5, 5.41) is 1.59. The van der Waals surface area contributed by atoms with Gasteiger partial charge in [-0.05, 0) is 35.9 Å². The van der Waals surface area contributed by atoms with Crippen molar-refractivity contribution in [2.24, 2.45) is 14.1 Å². The zero-order chi connectivity index (χ0) is 19.8. The van der Waals surface area contributed by atoms with Gasteiger partial charge >= 0.3 is 0 Å². The van der Waals surface area contributed by atoms with Crippen LogP contribution in [0.5, 0.6) is 11.5 Å². The molecule has 0 aliphatic rings. The lowest BCUT2D eigenvalue weighted by Gasteiger charge is -2.08. The maximum Gasteiger partial charge on any atom is 0.278 e. The van der Waals surface area contributed by atoms with E-state index in [1.54, 1.807) is 25.8 Å². The lowest BCUT2D eigenvalue weighted by atomic mass is 10.2. The average Bonchev–Trinajstić information content (AvgIpc) is 3.01. The Hall–Kier alpha value is -2.93. The van der Waals surface area contributed by atoms with Gasteiger partial charge in [-0.25, -0.2) is 4.98 Å². The van der Waals surface area contributed by atoms with Crippen molar-refractivity contribution in [3.8, 4) is 11.5 Å². The number of fused-ring (bicyclic) bond motifs is 3. The predicted molar refractivity (Wildman–Crippen MR) is 113 cm³/mol. The van der Waals surface area contributed by atoms with E-state index in [0.29, 0.717) is 21.9 Å². The van der Waals surface area contributed by atoms with Gasteiger partial charge in [0.25, 0.3) is 5.56 Å². The molecule has 7 heteroatoms. The van der Waals surface area contributed by atoms with E-state index in [1.165, 1.54) is 11.8 Å². The largest absolute Gasteiger partial charge is 0.497 e. The molecule has 0 spiro atoms. The topological polar surface area (TPSA) is 58.3 Å². The van der Waals surface area contributed by atoms with Crippen LogP contribution in [0.2, 0.25) is 0 Å². The number of thioether (sulfide) groups is 1. The van der Waals surface area contributed by atoms with E-state index in [-0.39, 0.29) is 5.56 Å². The molecule has 2 aromatic heterocycles. The summed E-state index contributed by atoms with van der Waals surface area (Å²) in [5.41, 5.74) is 3.30. The number of hydrogen-bond donors (Lipinski definition) is 0. The van der Waals surface area contributed by atoms with Gasteiger partial charge in [0.05, 0.1) is 19.7 Å². The first kappa shape index (κ1) is 18.4. The molecule has 0 fully saturated rings. The fraction of sp³-hybridized carbons (Fsp3) is 0.238. The maximum absolute atomic E-state index is 13.0. The van der Waals surface area contributed by atoms with Crippen LogP contribution in [-0.2, 0) is 19.8 Å². The highest BCUT2D eigenvalue weighted by Gasteiger charge is 2.17. The Kier molecular flexibility index (Phi) is 4.77. The monoisotopic (exact) mass is 395 g/mol. The summed E-state index contributed by atoms with van der Waals surface area (Å²) in [5.74, 6) is 2.25. The highest BCUT2D eigenvalue weighted by Crippen LogP contribution is 2.30. The molecular weight excluding hydrogens is 374 g/mol. The molecule has 0 bridgehead atoms. The number of ether oxygens (including phenoxy) is 2. The number of aromatic nitrogens is 3. The molecule has 0 amide bonds. The van der Waals surface area contributed by atoms with Crippen molar-refractivity contribution >= 4 is 33.7 Å². The highest BCUT2D eigenvalue weighted by molar-refractivity contribution is 7.98. The van der Waals surface area contributed by atoms with Gasteiger partial charge in [0, 0.05) is 25.2 Å². The molecule has 28 heavy (non-hydrogen) atoms. The second-order valence-corrected chi connectivity index (χ2v) is 7.48. The molecule has 4 aromatic rings. The van der Waals surface area contributed by atoms with Crippen LogP contribution in [0, 0.1) is 0 Å². The van der Waals surface area contributed by atoms with E-state index in [1.807, 2.05) is 54.1 Å². The van der Waals surface area contributed by atoms with Crippen molar-refractivity contribution in [1.29, 1.82) is 0 Å². The first-order valence-corrected chi connectivity index (χ1v) is 9.81. The van der Waals surface area contributed by atoms with Gasteiger partial charge in [-0.3, -0.25) is 9.36 Å². The average molecular weight is 395 g/mol. The second-order valence-electron chi connectivity index (χ2n) is 6.54. The summed E-state index contributed by atoms with van der Waals surface area (Å²) in [7, 11) is 6.94. The van der Waals surface area contributed by atoms with Crippen LogP contribution in [0.25, 0.3) is 21.9 Å². The quantitative estimate of drug-likeness (QED) is 0.381. The Balaban J connectivity index is 1.81. The fourth-order valence-corrected chi connectivity index (χ4v) is 4.25. The molecule has 2 aromatic carbocycles. The molecule has 2 heterocycles. The van der Waals surface area contributed by atoms with E-state index >= 15 is 0 Å². The van der Waals surface area contributed by atoms with Gasteiger partial charge < -0.3 is 14.0 Å². The lowest BCUT2D eigenvalue weighted by molar-refractivity contribution is 0.414. The predicted octanol–water partition coefficient (Wildman–Crippen LogP) is 3.73. The molecule has 0 radical (unpaired) electrons. The van der Waals surface area contributed by atoms with Gasteiger partial charge in [-0.1, -0.05) is 23.9 Å². The molecule has 4 rings (SSSR count). The molecule has 0 aliphatic heterocycles. The minimum Gasteiger partial charge on any atom is -0.497 e. The van der Waals surface area contributed by atoms with E-state index in [2.05, 4.69) is 0 Å². The third kappa shape index (κ3) is 3.01. The lowest BCUT2D eigenvalue weighted by Crippen LogP contribution is -2.21. The van der Waals surface area contributed by atoms with Crippen molar-refractivity contribution in [2.75, 3.05) is 14.2 Å². The maximum atomic E-state index is 13.0. The van der Waals surface area contributed by atoms with Gasteiger partial charge in [0.2, 0.25) is 0 Å². The summed E-state index contributed by atoms with van der Waals surface area (Å²) >= 11 is 1.53. The van der Waals surface area contributed by atoms with Gasteiger partial charge in [0.15, 0.2) is 5.16 Å². The van der Waals surface area contributed by atoms with Crippen molar-refractivity contribution < 1.29 is 9.47 Å². The standard InChI is InChI=1S/C21H21N3O3S/c1-23-17-9-8-15(27-4)11-16(17)18-19(23)20(25)24(2)21(22-18)28-12-13-6-5-7-14(10-13)26-3/h5-11H,12H2,1-4H3. The molecule has 0 N–H and O–H groups in total. The molecule has 0 atom stereocenters. The minimum atomic E-state index is -0.0594. The Morgan fingerprint density at radius 2 is 1.75 bits per heavy atom. The van der Waals surface area contributed by atoms with Crippen LogP contribution in [-0.4, -0.2) is 28.3 Å². The number of benzene rings is 2. The van der Waals surface area contributed by atoms with Crippen LogP contribution in [0.3, 0.4) is 0 Å². The van der Waals surface area contributed by atoms with Crippen molar-refractivity contribution in [2.45, 2.75) is 10.9 Å². The van der Waals surface area contributed by atoms with Crippen molar-refractivity contribution in [3.63, 3.8) is 0 Å². The Bertz CT molecular complexity index is 1240. The minimum absolute atomic E-state index is 0.0594. The molecule has 0 saturated heterocycles. The zero-order valence-electron chi connectivity index (χ0n) is 16.2. The molecule has 0 unspecified atom stereocenters. The zero-order valence-corrected chi connectivity index (χ0v) is 17.0. The first-order valence-electron chi connectivity index (χ1n) is 8.82. The summed E-state index contributed by atoms with van der Waals surface area (Å²) in [6, 6.07) is 13.7. The van der Waals surface area contributed by atoms with Crippen LogP contribution in [0.15, 0.2) is 52.4 Å². The number of nitrogens with zero attached hydrogens (tertiary/aromatic N) is 3. The Morgan fingerprint density at radius 3 is 2.50 bits per heavy atom. The molecule has 0 aliphatic carbocycles. The summed E-state index contributed by atoms with van der Waals surface area (Å²) in [4.78, 5) is 17.9. The summed E-state index contributed by atoms with van der Waals surface area (Å²) < 4.78 is 14.2. The van der Waals surface area contributed by atoms with Gasteiger partial charge in [-0.15, -0.1) is 0 Å². The van der Waals surface area contributed by atoms with Gasteiger partial charge in [0.1, 0.15) is 22.5 Å². The molecule has 6 nitrogen and oxygen atoms in total. The third-order valence-corrected chi connectivity index (χ3v) is 5.98. The van der Waals surface area contributed by atoms with Crippen molar-refractivity contribution in [3.05, 3.63) is 58.4 Å². The van der Waals surface area contributed by atoms with Crippen LogP contribution < -0.4 is 15.0 Å². The normalized spacial score (nSPS) is 11.3. The van der Waals surface area contributed by atoms with Crippen LogP contribution >= 0.6 is 11.8 Å². The van der Waals surface area contributed by atoms with Gasteiger partial charge in [-0.2, -0.15) is 0 Å². The fourth-order valence-electron chi connectivity index (χ4n) is 3.34. The number of hydrogen-bond acceptors (Lipinski definition) is 5. The van der Waals surface area contributed by atoms with Crippen LogP contribution in [0.1, 0.15) is 5.56 Å². The smallest absolute Gasteiger partial charge is 0.278 e. The number of rotatable bonds is 5. The third-order valence-electron chi connectivity index (χ3n) is 4.88. The molecule has 0 saturated carbocycles. The molecule has 144 valence electrons. The highest BCUT2D eigenvalue weighted by atomic mass is 32.2. The van der Waals surface area contributed by atoms with E-state index in [4.69, 9.17) is 14.5 Å². The molecular formula is C21H21N3O3S. The van der Waals surface area contributed by atoms with E-state index in [0.717, 1.165) is 28.0 Å². The Morgan fingerprint density at radius 1 is 1.00 bits per heavy atom. The first-order chi connectivity index (χ1) is 13.5. The van der Waals surface area contributed by atoms with Crippen LogP contribution in [0.4, 0.5) is 0 Å². The number of aryl methyl sites for hydroxylation is 1. The van der Waals surface area contributed by atoms with E-state index in [9.17, 15) is 4.79 Å². The summed E-state index contributed by atoms with van der Waals surface area (Å²) in [6.07, 6.45) is 0. The SMILES string of the molecule is COc1cccc(CSc2nc3c4cc(OC)ccc4n(C)c3c(=O)n2C)c1. The van der Waals surface area contributed by atoms with E-state index < -0.39 is 0 Å². The van der Waals surface area contributed by atoms with Crippen molar-refractivity contribution in [1.82, 2.24) is 14.1 Å². The number of methoxy groups -OCH3 is 2. The Labute approximate surface area is 166 Å².